The van der Waals surface area contributed by atoms with Crippen LogP contribution in [0.2, 0.25) is 5.02 Å². The molecule has 1 spiro atoms. The molecule has 2 aliphatic rings. The summed E-state index contributed by atoms with van der Waals surface area (Å²) < 4.78 is 81.3. The number of likely N-dealkylation sites (tertiary alicyclic amines) is 2. The number of carbonyl (C=O) groups excluding carboxylic acids is 2. The highest BCUT2D eigenvalue weighted by molar-refractivity contribution is 6.31. The summed E-state index contributed by atoms with van der Waals surface area (Å²) in [7, 11) is 0. The molecule has 2 saturated heterocycles. The number of amides is 2. The average Bonchev–Trinajstić information content (AvgIpc) is 3.09. The van der Waals surface area contributed by atoms with Crippen molar-refractivity contribution in [3.8, 4) is 0 Å². The fourth-order valence-corrected chi connectivity index (χ4v) is 4.27. The fraction of sp³-hybridized carbons (Fsp3) is 0.600. The smallest absolute Gasteiger partial charge is 0.425 e. The van der Waals surface area contributed by atoms with E-state index >= 15 is 0 Å². The zero-order valence-electron chi connectivity index (χ0n) is 17.0. The molecule has 32 heavy (non-hydrogen) atoms. The first-order valence-electron chi connectivity index (χ1n) is 9.90. The Labute approximate surface area is 185 Å². The molecular weight excluding hydrogens is 466 g/mol. The van der Waals surface area contributed by atoms with Gasteiger partial charge in [0, 0.05) is 36.8 Å². The number of nitrogens with zero attached hydrogens (tertiary/aromatic N) is 2. The molecule has 1 aromatic carbocycles. The lowest BCUT2D eigenvalue weighted by atomic mass is 9.78. The van der Waals surface area contributed by atoms with Gasteiger partial charge in [-0.2, -0.15) is 26.3 Å². The molecule has 1 aromatic rings. The summed E-state index contributed by atoms with van der Waals surface area (Å²) in [4.78, 5) is 27.4. The Hall–Kier alpha value is -2.17. The molecular formula is C20H21ClF6N2O3. The maximum atomic E-state index is 13.0. The lowest BCUT2D eigenvalue weighted by molar-refractivity contribution is -0.200. The van der Waals surface area contributed by atoms with Crippen LogP contribution in [-0.4, -0.2) is 60.3 Å². The third kappa shape index (κ3) is 5.41. The second-order valence-corrected chi connectivity index (χ2v) is 8.69. The van der Waals surface area contributed by atoms with Gasteiger partial charge in [-0.3, -0.25) is 4.79 Å². The molecule has 0 aromatic heterocycles. The van der Waals surface area contributed by atoms with Crippen molar-refractivity contribution in [3.05, 3.63) is 34.3 Å². The molecule has 5 nitrogen and oxygen atoms in total. The van der Waals surface area contributed by atoms with Crippen LogP contribution in [0.1, 0.15) is 42.1 Å². The van der Waals surface area contributed by atoms with E-state index in [2.05, 4.69) is 4.74 Å². The summed E-state index contributed by atoms with van der Waals surface area (Å²) in [6.45, 7) is 1.69. The summed E-state index contributed by atoms with van der Waals surface area (Å²) in [6.07, 6.45) is -11.1. The Morgan fingerprint density at radius 2 is 1.56 bits per heavy atom. The van der Waals surface area contributed by atoms with Crippen molar-refractivity contribution in [2.24, 2.45) is 5.41 Å². The third-order valence-electron chi connectivity index (χ3n) is 6.02. The molecule has 1 unspecified atom stereocenters. The van der Waals surface area contributed by atoms with Gasteiger partial charge in [0.05, 0.1) is 5.56 Å². The van der Waals surface area contributed by atoms with Gasteiger partial charge >= 0.3 is 18.4 Å². The van der Waals surface area contributed by atoms with E-state index in [4.69, 9.17) is 11.6 Å². The predicted molar refractivity (Wildman–Crippen MR) is 102 cm³/mol. The first-order chi connectivity index (χ1) is 14.7. The maximum absolute atomic E-state index is 13.0. The lowest BCUT2D eigenvalue weighted by Gasteiger charge is -2.39. The highest BCUT2D eigenvalue weighted by Gasteiger charge is 2.45. The number of carbonyl (C=O) groups is 2. The van der Waals surface area contributed by atoms with Crippen LogP contribution in [0.5, 0.6) is 0 Å². The van der Waals surface area contributed by atoms with Gasteiger partial charge < -0.3 is 14.5 Å². The molecule has 0 radical (unpaired) electrons. The molecule has 12 heteroatoms. The molecule has 0 saturated carbocycles. The molecule has 2 fully saturated rings. The molecule has 2 aliphatic heterocycles. The van der Waals surface area contributed by atoms with Gasteiger partial charge in [-0.25, -0.2) is 4.79 Å². The first kappa shape index (κ1) is 24.5. The van der Waals surface area contributed by atoms with Crippen LogP contribution in [0.25, 0.3) is 0 Å². The number of piperidine rings is 1. The van der Waals surface area contributed by atoms with Crippen molar-refractivity contribution in [3.63, 3.8) is 0 Å². The molecule has 0 N–H and O–H groups in total. The quantitative estimate of drug-likeness (QED) is 0.528. The van der Waals surface area contributed by atoms with E-state index in [9.17, 15) is 35.9 Å². The number of ether oxygens (including phenoxy) is 1. The second-order valence-electron chi connectivity index (χ2n) is 8.26. The van der Waals surface area contributed by atoms with E-state index in [1.165, 1.54) is 15.9 Å². The normalized spacial score (nSPS) is 19.9. The van der Waals surface area contributed by atoms with E-state index in [0.717, 1.165) is 19.1 Å². The highest BCUT2D eigenvalue weighted by atomic mass is 35.5. The monoisotopic (exact) mass is 486 g/mol. The molecule has 2 heterocycles. The van der Waals surface area contributed by atoms with E-state index in [1.54, 1.807) is 0 Å². The van der Waals surface area contributed by atoms with Gasteiger partial charge in [-0.05, 0) is 49.8 Å². The van der Waals surface area contributed by atoms with E-state index in [0.29, 0.717) is 25.8 Å². The Morgan fingerprint density at radius 1 is 1.00 bits per heavy atom. The zero-order chi connectivity index (χ0) is 23.9. The third-order valence-corrected chi connectivity index (χ3v) is 6.24. The highest BCUT2D eigenvalue weighted by Crippen LogP contribution is 2.41. The summed E-state index contributed by atoms with van der Waals surface area (Å²) in [6, 6.07) is 2.70. The van der Waals surface area contributed by atoms with Gasteiger partial charge in [-0.15, -0.1) is 0 Å². The Balaban J connectivity index is 1.61. The molecule has 0 bridgehead atoms. The van der Waals surface area contributed by atoms with Crippen molar-refractivity contribution < 1.29 is 40.7 Å². The summed E-state index contributed by atoms with van der Waals surface area (Å²) >= 11 is 5.77. The zero-order valence-corrected chi connectivity index (χ0v) is 17.8. The van der Waals surface area contributed by atoms with Crippen molar-refractivity contribution in [2.75, 3.05) is 26.2 Å². The van der Waals surface area contributed by atoms with Gasteiger partial charge in [0.15, 0.2) is 6.10 Å². The standard InChI is InChI=1S/C20H21ClF6N2O3/c1-12(19(22,23)24)32-17(31)28-5-2-18(3-6-28)4-7-29(11-18)16(30)13-8-14(20(25,26)27)10-15(21)9-13/h8-10,12H,2-7,11H2,1H3. The van der Waals surface area contributed by atoms with Crippen molar-refractivity contribution >= 4 is 23.6 Å². The summed E-state index contributed by atoms with van der Waals surface area (Å²) in [5, 5.41) is -0.197. The summed E-state index contributed by atoms with van der Waals surface area (Å²) in [5.41, 5.74) is -1.53. The van der Waals surface area contributed by atoms with Crippen molar-refractivity contribution in [2.45, 2.75) is 44.6 Å². The topological polar surface area (TPSA) is 49.9 Å². The lowest BCUT2D eigenvalue weighted by Crippen LogP contribution is -2.46. The largest absolute Gasteiger partial charge is 0.437 e. The van der Waals surface area contributed by atoms with Gasteiger partial charge in [0.25, 0.3) is 5.91 Å². The van der Waals surface area contributed by atoms with Crippen LogP contribution in [0.4, 0.5) is 31.1 Å². The molecule has 0 aliphatic carbocycles. The summed E-state index contributed by atoms with van der Waals surface area (Å²) in [5.74, 6) is -0.573. The Kier molecular flexibility index (Phi) is 6.61. The minimum absolute atomic E-state index is 0.163. The van der Waals surface area contributed by atoms with Gasteiger partial charge in [0.1, 0.15) is 0 Å². The Morgan fingerprint density at radius 3 is 2.09 bits per heavy atom. The minimum Gasteiger partial charge on any atom is -0.437 e. The molecule has 3 rings (SSSR count). The SMILES string of the molecule is CC(OC(=O)N1CCC2(CC1)CCN(C(=O)c1cc(Cl)cc(C(F)(F)F)c1)C2)C(F)(F)F. The van der Waals surface area contributed by atoms with Crippen LogP contribution in [0, 0.1) is 5.41 Å². The maximum Gasteiger partial charge on any atom is 0.425 e. The number of halogens is 7. The Bertz CT molecular complexity index is 881. The van der Waals surface area contributed by atoms with Gasteiger partial charge in [0.2, 0.25) is 0 Å². The van der Waals surface area contributed by atoms with Crippen LogP contribution < -0.4 is 0 Å². The number of rotatable bonds is 2. The van der Waals surface area contributed by atoms with Crippen LogP contribution in [-0.2, 0) is 10.9 Å². The predicted octanol–water partition coefficient (Wildman–Crippen LogP) is 5.37. The van der Waals surface area contributed by atoms with Gasteiger partial charge in [-0.1, -0.05) is 11.6 Å². The second kappa shape index (κ2) is 8.64. The van der Waals surface area contributed by atoms with Crippen LogP contribution in [0.3, 0.4) is 0 Å². The fourth-order valence-electron chi connectivity index (χ4n) is 4.03. The minimum atomic E-state index is -4.65. The first-order valence-corrected chi connectivity index (χ1v) is 10.3. The average molecular weight is 487 g/mol. The molecule has 1 atom stereocenters. The van der Waals surface area contributed by atoms with E-state index in [-0.39, 0.29) is 35.6 Å². The van der Waals surface area contributed by atoms with Crippen molar-refractivity contribution in [1.82, 2.24) is 9.80 Å². The number of benzene rings is 1. The number of hydrogen-bond donors (Lipinski definition) is 0. The van der Waals surface area contributed by atoms with Crippen LogP contribution >= 0.6 is 11.6 Å². The van der Waals surface area contributed by atoms with Crippen LogP contribution in [0.15, 0.2) is 18.2 Å². The van der Waals surface area contributed by atoms with E-state index < -0.39 is 36.0 Å². The number of alkyl halides is 6. The van der Waals surface area contributed by atoms with E-state index in [1.807, 2.05) is 0 Å². The molecule has 178 valence electrons. The van der Waals surface area contributed by atoms with Crippen molar-refractivity contribution in [1.29, 1.82) is 0 Å². The molecule has 2 amide bonds. The number of hydrogen-bond acceptors (Lipinski definition) is 3.